The van der Waals surface area contributed by atoms with Crippen molar-refractivity contribution >= 4 is 27.5 Å². The van der Waals surface area contributed by atoms with E-state index >= 15 is 0 Å². The molecular formula is C14H17BrN4O. The highest BCUT2D eigenvalue weighted by Gasteiger charge is 2.03. The van der Waals surface area contributed by atoms with Gasteiger partial charge < -0.3 is 5.32 Å². The van der Waals surface area contributed by atoms with Crippen LogP contribution in [0.2, 0.25) is 0 Å². The number of halogens is 1. The van der Waals surface area contributed by atoms with E-state index in [1.54, 1.807) is 11.0 Å². The highest BCUT2D eigenvalue weighted by atomic mass is 79.9. The molecule has 0 unspecified atom stereocenters. The number of aromatic nitrogens is 3. The molecule has 1 aromatic carbocycles. The van der Waals surface area contributed by atoms with Gasteiger partial charge in [-0.15, -0.1) is 0 Å². The van der Waals surface area contributed by atoms with E-state index in [-0.39, 0.29) is 5.91 Å². The summed E-state index contributed by atoms with van der Waals surface area (Å²) in [6.45, 7) is 0.646. The Kier molecular flexibility index (Phi) is 5.73. The normalized spacial score (nSPS) is 10.4. The van der Waals surface area contributed by atoms with E-state index in [0.717, 1.165) is 29.4 Å². The van der Waals surface area contributed by atoms with Crippen molar-refractivity contribution in [3.8, 4) is 0 Å². The molecule has 0 aliphatic carbocycles. The number of amides is 1. The van der Waals surface area contributed by atoms with Crippen molar-refractivity contribution in [2.24, 2.45) is 0 Å². The first-order valence-corrected chi connectivity index (χ1v) is 7.67. The number of nitrogens with zero attached hydrogens (tertiary/aromatic N) is 3. The van der Waals surface area contributed by atoms with E-state index in [1.807, 2.05) is 24.3 Å². The minimum absolute atomic E-state index is 0.0591. The summed E-state index contributed by atoms with van der Waals surface area (Å²) in [4.78, 5) is 15.7. The van der Waals surface area contributed by atoms with Crippen LogP contribution in [0.5, 0.6) is 0 Å². The Morgan fingerprint density at radius 2 is 2.25 bits per heavy atom. The molecule has 0 saturated heterocycles. The van der Waals surface area contributed by atoms with Crippen LogP contribution in [0.15, 0.2) is 36.9 Å². The number of hydrogen-bond acceptors (Lipinski definition) is 3. The minimum atomic E-state index is 0.0591. The molecule has 1 N–H and O–H groups in total. The topological polar surface area (TPSA) is 59.8 Å². The highest BCUT2D eigenvalue weighted by Crippen LogP contribution is 2.12. The number of carbonyl (C=O) groups excluding carboxylic acids is 1. The SMILES string of the molecule is O=C(CCCCBr)Nc1cccc(Cn2cncn2)c1. The van der Waals surface area contributed by atoms with Gasteiger partial charge in [-0.3, -0.25) is 4.79 Å². The Labute approximate surface area is 126 Å². The van der Waals surface area contributed by atoms with Gasteiger partial charge in [-0.05, 0) is 30.5 Å². The molecule has 2 aromatic rings. The summed E-state index contributed by atoms with van der Waals surface area (Å²) < 4.78 is 1.75. The lowest BCUT2D eigenvalue weighted by Gasteiger charge is -2.07. The molecule has 0 bridgehead atoms. The summed E-state index contributed by atoms with van der Waals surface area (Å²) in [6.07, 6.45) is 5.65. The Balaban J connectivity index is 1.90. The predicted molar refractivity (Wildman–Crippen MR) is 81.8 cm³/mol. The Morgan fingerprint density at radius 3 is 3.00 bits per heavy atom. The van der Waals surface area contributed by atoms with Gasteiger partial charge in [-0.25, -0.2) is 9.67 Å². The zero-order valence-corrected chi connectivity index (χ0v) is 12.7. The largest absolute Gasteiger partial charge is 0.326 e. The maximum atomic E-state index is 11.8. The second-order valence-electron chi connectivity index (χ2n) is 4.49. The molecule has 5 nitrogen and oxygen atoms in total. The third-order valence-electron chi connectivity index (χ3n) is 2.81. The summed E-state index contributed by atoms with van der Waals surface area (Å²) in [5.74, 6) is 0.0591. The van der Waals surface area contributed by atoms with Gasteiger partial charge in [0.25, 0.3) is 0 Å². The molecule has 0 saturated carbocycles. The summed E-state index contributed by atoms with van der Waals surface area (Å²) in [5.41, 5.74) is 1.90. The first-order valence-electron chi connectivity index (χ1n) is 6.55. The van der Waals surface area contributed by atoms with Crippen molar-refractivity contribution in [3.05, 3.63) is 42.5 Å². The van der Waals surface area contributed by atoms with Crippen LogP contribution >= 0.6 is 15.9 Å². The molecule has 2 rings (SSSR count). The Bertz CT molecular complexity index is 542. The predicted octanol–water partition coefficient (Wildman–Crippen LogP) is 2.83. The fraction of sp³-hybridized carbons (Fsp3) is 0.357. The van der Waals surface area contributed by atoms with Gasteiger partial charge in [0.1, 0.15) is 12.7 Å². The van der Waals surface area contributed by atoms with Gasteiger partial charge in [-0.2, -0.15) is 5.10 Å². The number of unbranched alkanes of at least 4 members (excludes halogenated alkanes) is 1. The Morgan fingerprint density at radius 1 is 1.35 bits per heavy atom. The van der Waals surface area contributed by atoms with Crippen molar-refractivity contribution in [2.75, 3.05) is 10.6 Å². The lowest BCUT2D eigenvalue weighted by atomic mass is 10.2. The van der Waals surface area contributed by atoms with Crippen LogP contribution in [0.25, 0.3) is 0 Å². The van der Waals surface area contributed by atoms with Gasteiger partial charge in [0.2, 0.25) is 5.91 Å². The number of rotatable bonds is 7. The first kappa shape index (κ1) is 14.7. The summed E-state index contributed by atoms with van der Waals surface area (Å²) >= 11 is 3.36. The van der Waals surface area contributed by atoms with Gasteiger partial charge >= 0.3 is 0 Å². The number of nitrogens with one attached hydrogen (secondary N) is 1. The van der Waals surface area contributed by atoms with Gasteiger partial charge in [0.15, 0.2) is 0 Å². The lowest BCUT2D eigenvalue weighted by molar-refractivity contribution is -0.116. The maximum Gasteiger partial charge on any atom is 0.224 e. The molecular weight excluding hydrogens is 320 g/mol. The Hall–Kier alpha value is -1.69. The minimum Gasteiger partial charge on any atom is -0.326 e. The molecule has 20 heavy (non-hydrogen) atoms. The van der Waals surface area contributed by atoms with Gasteiger partial charge in [-0.1, -0.05) is 28.1 Å². The first-order chi connectivity index (χ1) is 9.78. The average Bonchev–Trinajstić information content (AvgIpc) is 2.92. The fourth-order valence-electron chi connectivity index (χ4n) is 1.85. The van der Waals surface area contributed by atoms with Crippen molar-refractivity contribution in [1.29, 1.82) is 0 Å². The standard InChI is InChI=1S/C14H17BrN4O/c15-7-2-1-6-14(20)18-13-5-3-4-12(8-13)9-19-11-16-10-17-19/h3-5,8,10-11H,1-2,6-7,9H2,(H,18,20). The molecule has 0 spiro atoms. The molecule has 0 radical (unpaired) electrons. The van der Waals surface area contributed by atoms with E-state index in [2.05, 4.69) is 31.3 Å². The van der Waals surface area contributed by atoms with Crippen LogP contribution in [0.4, 0.5) is 5.69 Å². The zero-order valence-electron chi connectivity index (χ0n) is 11.1. The molecule has 0 atom stereocenters. The van der Waals surface area contributed by atoms with E-state index in [0.29, 0.717) is 13.0 Å². The highest BCUT2D eigenvalue weighted by molar-refractivity contribution is 9.09. The van der Waals surface area contributed by atoms with Crippen LogP contribution in [0.3, 0.4) is 0 Å². The van der Waals surface area contributed by atoms with Crippen molar-refractivity contribution in [1.82, 2.24) is 14.8 Å². The van der Waals surface area contributed by atoms with Crippen molar-refractivity contribution in [2.45, 2.75) is 25.8 Å². The van der Waals surface area contributed by atoms with Crippen molar-refractivity contribution in [3.63, 3.8) is 0 Å². The molecule has 106 valence electrons. The summed E-state index contributed by atoms with van der Waals surface area (Å²) in [5, 5.41) is 7.93. The van der Waals surface area contributed by atoms with Crippen molar-refractivity contribution < 1.29 is 4.79 Å². The number of carbonyl (C=O) groups is 1. The van der Waals surface area contributed by atoms with E-state index in [9.17, 15) is 4.79 Å². The maximum absolute atomic E-state index is 11.8. The number of benzene rings is 1. The quantitative estimate of drug-likeness (QED) is 0.624. The monoisotopic (exact) mass is 336 g/mol. The lowest BCUT2D eigenvalue weighted by Crippen LogP contribution is -2.11. The number of anilines is 1. The second kappa shape index (κ2) is 7.79. The zero-order chi connectivity index (χ0) is 14.2. The molecule has 0 fully saturated rings. The molecule has 1 amide bonds. The van der Waals surface area contributed by atoms with E-state index < -0.39 is 0 Å². The molecule has 1 heterocycles. The van der Waals surface area contributed by atoms with Crippen LogP contribution in [0.1, 0.15) is 24.8 Å². The van der Waals surface area contributed by atoms with Crippen LogP contribution in [-0.4, -0.2) is 26.0 Å². The number of alkyl halides is 1. The van der Waals surface area contributed by atoms with E-state index in [1.165, 1.54) is 6.33 Å². The molecule has 1 aromatic heterocycles. The van der Waals surface area contributed by atoms with Crippen LogP contribution < -0.4 is 5.32 Å². The fourth-order valence-corrected chi connectivity index (χ4v) is 2.25. The third-order valence-corrected chi connectivity index (χ3v) is 3.37. The smallest absolute Gasteiger partial charge is 0.224 e. The summed E-state index contributed by atoms with van der Waals surface area (Å²) in [7, 11) is 0. The average molecular weight is 337 g/mol. The number of hydrogen-bond donors (Lipinski definition) is 1. The van der Waals surface area contributed by atoms with Gasteiger partial charge in [0.05, 0.1) is 6.54 Å². The summed E-state index contributed by atoms with van der Waals surface area (Å²) in [6, 6.07) is 7.79. The van der Waals surface area contributed by atoms with Crippen LogP contribution in [0, 0.1) is 0 Å². The molecule has 0 aliphatic heterocycles. The van der Waals surface area contributed by atoms with Crippen LogP contribution in [-0.2, 0) is 11.3 Å². The molecule has 0 aliphatic rings. The third kappa shape index (κ3) is 4.77. The second-order valence-corrected chi connectivity index (χ2v) is 5.28. The van der Waals surface area contributed by atoms with E-state index in [4.69, 9.17) is 0 Å². The molecule has 6 heteroatoms. The van der Waals surface area contributed by atoms with Gasteiger partial charge in [0, 0.05) is 17.4 Å².